The molecular formula is C17H18N4O4. The second-order valence-electron chi connectivity index (χ2n) is 5.20. The van der Waals surface area contributed by atoms with Gasteiger partial charge in [-0.05, 0) is 24.3 Å². The van der Waals surface area contributed by atoms with Crippen LogP contribution in [0, 0.1) is 0 Å². The first-order chi connectivity index (χ1) is 11.9. The van der Waals surface area contributed by atoms with Gasteiger partial charge in [-0.15, -0.1) is 0 Å². The number of benzene rings is 1. The highest BCUT2D eigenvalue weighted by Crippen LogP contribution is 2.21. The van der Waals surface area contributed by atoms with Crippen LogP contribution in [0.1, 0.15) is 24.2 Å². The summed E-state index contributed by atoms with van der Waals surface area (Å²) >= 11 is 0. The van der Waals surface area contributed by atoms with Gasteiger partial charge < -0.3 is 20.7 Å². The Kier molecular flexibility index (Phi) is 5.67. The van der Waals surface area contributed by atoms with Crippen LogP contribution in [0.25, 0.3) is 0 Å². The summed E-state index contributed by atoms with van der Waals surface area (Å²) in [6.07, 6.45) is 1.46. The number of methoxy groups -OCH3 is 1. The summed E-state index contributed by atoms with van der Waals surface area (Å²) < 4.78 is 4.96. The molecule has 1 aromatic heterocycles. The van der Waals surface area contributed by atoms with Gasteiger partial charge in [0.2, 0.25) is 17.7 Å². The van der Waals surface area contributed by atoms with E-state index in [-0.39, 0.29) is 17.4 Å². The van der Waals surface area contributed by atoms with E-state index >= 15 is 0 Å². The summed E-state index contributed by atoms with van der Waals surface area (Å²) in [6, 6.07) is 7.86. The quantitative estimate of drug-likeness (QED) is 0.772. The van der Waals surface area contributed by atoms with Crippen molar-refractivity contribution in [2.75, 3.05) is 23.1 Å². The van der Waals surface area contributed by atoms with Crippen LogP contribution < -0.4 is 20.7 Å². The largest absolute Gasteiger partial charge is 0.481 e. The van der Waals surface area contributed by atoms with Crippen LogP contribution in [0.5, 0.6) is 5.88 Å². The summed E-state index contributed by atoms with van der Waals surface area (Å²) in [6.45, 7) is 2.71. The summed E-state index contributed by atoms with van der Waals surface area (Å²) in [4.78, 5) is 39.0. The molecule has 0 unspecified atom stereocenters. The average molecular weight is 342 g/mol. The topological polar surface area (TPSA) is 109 Å². The third-order valence-electron chi connectivity index (χ3n) is 3.04. The fraction of sp³-hybridized carbons (Fsp3) is 0.176. The molecule has 0 saturated carbocycles. The Labute approximate surface area is 144 Å². The minimum atomic E-state index is -0.411. The molecule has 0 saturated heterocycles. The van der Waals surface area contributed by atoms with Crippen molar-refractivity contribution in [3.8, 4) is 5.88 Å². The molecule has 8 heteroatoms. The minimum Gasteiger partial charge on any atom is -0.481 e. The standard InChI is InChI=1S/C17H18N4O4/c1-10(22)19-14-6-12(7-15(8-14)20-11(2)23)17(24)21-13-4-5-16(25-3)18-9-13/h4-9H,1-3H3,(H,19,22)(H,20,23)(H,21,24). The Hall–Kier alpha value is -3.42. The number of pyridine rings is 1. The third-order valence-corrected chi connectivity index (χ3v) is 3.04. The van der Waals surface area contributed by atoms with E-state index in [0.717, 1.165) is 0 Å². The van der Waals surface area contributed by atoms with Crippen LogP contribution in [0.2, 0.25) is 0 Å². The number of nitrogens with one attached hydrogen (secondary N) is 3. The Morgan fingerprint density at radius 3 is 1.92 bits per heavy atom. The van der Waals surface area contributed by atoms with Gasteiger partial charge in [-0.3, -0.25) is 14.4 Å². The maximum Gasteiger partial charge on any atom is 0.255 e. The highest BCUT2D eigenvalue weighted by atomic mass is 16.5. The normalized spacial score (nSPS) is 9.88. The van der Waals surface area contributed by atoms with Gasteiger partial charge in [0.25, 0.3) is 5.91 Å². The minimum absolute atomic E-state index is 0.269. The van der Waals surface area contributed by atoms with Crippen molar-refractivity contribution < 1.29 is 19.1 Å². The van der Waals surface area contributed by atoms with Crippen molar-refractivity contribution in [3.63, 3.8) is 0 Å². The molecule has 3 N–H and O–H groups in total. The summed E-state index contributed by atoms with van der Waals surface area (Å²) in [5, 5.41) is 7.88. The number of carbonyl (C=O) groups excluding carboxylic acids is 3. The van der Waals surface area contributed by atoms with Gasteiger partial charge in [0.1, 0.15) is 0 Å². The predicted octanol–water partition coefficient (Wildman–Crippen LogP) is 2.26. The van der Waals surface area contributed by atoms with Crippen LogP contribution >= 0.6 is 0 Å². The van der Waals surface area contributed by atoms with E-state index in [9.17, 15) is 14.4 Å². The Morgan fingerprint density at radius 1 is 0.880 bits per heavy atom. The monoisotopic (exact) mass is 342 g/mol. The maximum atomic E-state index is 12.4. The SMILES string of the molecule is COc1ccc(NC(=O)c2cc(NC(C)=O)cc(NC(C)=O)c2)cn1. The number of aromatic nitrogens is 1. The number of ether oxygens (including phenoxy) is 1. The van der Waals surface area contributed by atoms with E-state index in [1.807, 2.05) is 0 Å². The van der Waals surface area contributed by atoms with E-state index < -0.39 is 5.91 Å². The Balaban J connectivity index is 2.26. The highest BCUT2D eigenvalue weighted by molar-refractivity contribution is 6.06. The van der Waals surface area contributed by atoms with E-state index in [1.54, 1.807) is 18.2 Å². The Bertz CT molecular complexity index is 769. The molecule has 1 heterocycles. The fourth-order valence-electron chi connectivity index (χ4n) is 2.09. The van der Waals surface area contributed by atoms with Crippen molar-refractivity contribution in [2.24, 2.45) is 0 Å². The van der Waals surface area contributed by atoms with Crippen LogP contribution in [0.3, 0.4) is 0 Å². The molecule has 0 aliphatic rings. The lowest BCUT2D eigenvalue weighted by atomic mass is 10.1. The molecule has 1 aromatic carbocycles. The molecule has 0 spiro atoms. The Morgan fingerprint density at radius 2 is 1.48 bits per heavy atom. The molecule has 25 heavy (non-hydrogen) atoms. The molecule has 0 atom stereocenters. The van der Waals surface area contributed by atoms with Crippen molar-refractivity contribution >= 4 is 34.8 Å². The van der Waals surface area contributed by atoms with Crippen molar-refractivity contribution in [2.45, 2.75) is 13.8 Å². The van der Waals surface area contributed by atoms with E-state index in [1.165, 1.54) is 39.3 Å². The van der Waals surface area contributed by atoms with E-state index in [2.05, 4.69) is 20.9 Å². The molecule has 0 bridgehead atoms. The molecule has 2 rings (SSSR count). The lowest BCUT2D eigenvalue weighted by molar-refractivity contribution is -0.115. The van der Waals surface area contributed by atoms with Gasteiger partial charge in [0.05, 0.1) is 19.0 Å². The zero-order chi connectivity index (χ0) is 18.4. The molecule has 0 aliphatic heterocycles. The number of hydrogen-bond acceptors (Lipinski definition) is 5. The zero-order valence-corrected chi connectivity index (χ0v) is 14.0. The number of carbonyl (C=O) groups is 3. The lowest BCUT2D eigenvalue weighted by Crippen LogP contribution is -2.15. The first-order valence-electron chi connectivity index (χ1n) is 7.39. The summed E-state index contributed by atoms with van der Waals surface area (Å²) in [5.74, 6) is -0.555. The molecule has 130 valence electrons. The van der Waals surface area contributed by atoms with Gasteiger partial charge in [0, 0.05) is 36.9 Å². The smallest absolute Gasteiger partial charge is 0.255 e. The second-order valence-corrected chi connectivity index (χ2v) is 5.20. The molecule has 0 radical (unpaired) electrons. The molecular weight excluding hydrogens is 324 g/mol. The number of hydrogen-bond donors (Lipinski definition) is 3. The molecule has 8 nitrogen and oxygen atoms in total. The second kappa shape index (κ2) is 7.91. The van der Waals surface area contributed by atoms with Crippen LogP contribution in [0.15, 0.2) is 36.5 Å². The van der Waals surface area contributed by atoms with Gasteiger partial charge in [0.15, 0.2) is 0 Å². The number of amides is 3. The van der Waals surface area contributed by atoms with Crippen LogP contribution in [-0.2, 0) is 9.59 Å². The molecule has 0 aliphatic carbocycles. The number of nitrogens with zero attached hydrogens (tertiary/aromatic N) is 1. The predicted molar refractivity (Wildman–Crippen MR) is 93.8 cm³/mol. The van der Waals surface area contributed by atoms with Crippen molar-refractivity contribution in [3.05, 3.63) is 42.1 Å². The molecule has 0 fully saturated rings. The molecule has 2 aromatic rings. The van der Waals surface area contributed by atoms with Crippen molar-refractivity contribution in [1.29, 1.82) is 0 Å². The average Bonchev–Trinajstić information content (AvgIpc) is 2.54. The van der Waals surface area contributed by atoms with Crippen LogP contribution in [-0.4, -0.2) is 29.8 Å². The van der Waals surface area contributed by atoms with Gasteiger partial charge in [-0.1, -0.05) is 0 Å². The lowest BCUT2D eigenvalue weighted by Gasteiger charge is -2.11. The van der Waals surface area contributed by atoms with Gasteiger partial charge >= 0.3 is 0 Å². The molecule has 3 amide bonds. The first kappa shape index (κ1) is 17.9. The number of rotatable bonds is 5. The van der Waals surface area contributed by atoms with E-state index in [0.29, 0.717) is 22.9 Å². The highest BCUT2D eigenvalue weighted by Gasteiger charge is 2.11. The van der Waals surface area contributed by atoms with Crippen molar-refractivity contribution in [1.82, 2.24) is 4.98 Å². The van der Waals surface area contributed by atoms with Gasteiger partial charge in [-0.25, -0.2) is 4.98 Å². The van der Waals surface area contributed by atoms with Gasteiger partial charge in [-0.2, -0.15) is 0 Å². The fourth-order valence-corrected chi connectivity index (χ4v) is 2.09. The van der Waals surface area contributed by atoms with E-state index in [4.69, 9.17) is 4.74 Å². The maximum absolute atomic E-state index is 12.4. The van der Waals surface area contributed by atoms with Crippen LogP contribution in [0.4, 0.5) is 17.1 Å². The first-order valence-corrected chi connectivity index (χ1v) is 7.39. The summed E-state index contributed by atoms with van der Waals surface area (Å²) in [7, 11) is 1.50. The summed E-state index contributed by atoms with van der Waals surface area (Å²) in [5.41, 5.74) is 1.55. The number of anilines is 3. The zero-order valence-electron chi connectivity index (χ0n) is 14.0. The third kappa shape index (κ3) is 5.31.